The molecule has 0 radical (unpaired) electrons. The molecule has 3 aromatic rings. The smallest absolute Gasteiger partial charge is 0.438 e. The highest BCUT2D eigenvalue weighted by atomic mass is 35.5. The molecule has 1 N–H and O–H groups in total. The van der Waals surface area contributed by atoms with Crippen molar-refractivity contribution >= 4 is 29.4 Å². The largest absolute Gasteiger partial charge is 0.481 e. The SMILES string of the molecule is CCCC/C=C/CC(=O)O.COC(=O)N(OC)c1ccccc1COc1ccn(-c2ccc(Cl)cc2)n1. The minimum absolute atomic E-state index is 0.156. The summed E-state index contributed by atoms with van der Waals surface area (Å²) in [6.45, 7) is 2.32. The quantitative estimate of drug-likeness (QED) is 0.173. The molecule has 1 amide bonds. The number of carbonyl (C=O) groups excluding carboxylic acids is 1. The van der Waals surface area contributed by atoms with E-state index >= 15 is 0 Å². The second kappa shape index (κ2) is 16.0. The van der Waals surface area contributed by atoms with Crippen LogP contribution in [0.5, 0.6) is 5.88 Å². The fourth-order valence-electron chi connectivity index (χ4n) is 3.08. The van der Waals surface area contributed by atoms with Crippen molar-refractivity contribution in [1.82, 2.24) is 9.78 Å². The molecule has 0 unspecified atom stereocenters. The molecule has 0 saturated heterocycles. The lowest BCUT2D eigenvalue weighted by Crippen LogP contribution is -2.30. The van der Waals surface area contributed by atoms with Gasteiger partial charge in [-0.05, 0) is 36.8 Å². The Labute approximate surface area is 221 Å². The van der Waals surface area contributed by atoms with E-state index in [1.807, 2.05) is 30.3 Å². The summed E-state index contributed by atoms with van der Waals surface area (Å²) in [6.07, 6.45) is 8.27. The number of carbonyl (C=O) groups is 2. The van der Waals surface area contributed by atoms with E-state index in [-0.39, 0.29) is 13.0 Å². The average molecular weight is 530 g/mol. The van der Waals surface area contributed by atoms with Crippen LogP contribution >= 0.6 is 11.6 Å². The van der Waals surface area contributed by atoms with E-state index < -0.39 is 12.1 Å². The normalized spacial score (nSPS) is 10.5. The van der Waals surface area contributed by atoms with Gasteiger partial charge in [-0.1, -0.05) is 61.7 Å². The van der Waals surface area contributed by atoms with Gasteiger partial charge in [-0.15, -0.1) is 5.10 Å². The van der Waals surface area contributed by atoms with Crippen LogP contribution in [0.1, 0.15) is 38.2 Å². The number of allylic oxidation sites excluding steroid dienone is 1. The van der Waals surface area contributed by atoms with Gasteiger partial charge >= 0.3 is 12.1 Å². The zero-order chi connectivity index (χ0) is 27.0. The van der Waals surface area contributed by atoms with Crippen molar-refractivity contribution in [3.05, 3.63) is 83.5 Å². The number of methoxy groups -OCH3 is 1. The Balaban J connectivity index is 0.000000410. The summed E-state index contributed by atoms with van der Waals surface area (Å²) in [7, 11) is 2.68. The molecule has 0 saturated carbocycles. The van der Waals surface area contributed by atoms with Crippen molar-refractivity contribution < 1.29 is 29.0 Å². The second-order valence-electron chi connectivity index (χ2n) is 7.65. The van der Waals surface area contributed by atoms with Gasteiger partial charge in [0, 0.05) is 22.8 Å². The van der Waals surface area contributed by atoms with Gasteiger partial charge in [-0.2, -0.15) is 5.06 Å². The number of rotatable bonds is 11. The number of carboxylic acid groups (broad SMARTS) is 1. The number of hydroxylamine groups is 1. The van der Waals surface area contributed by atoms with Crippen LogP contribution in [-0.2, 0) is 21.0 Å². The van der Waals surface area contributed by atoms with Crippen LogP contribution in [0.4, 0.5) is 10.5 Å². The van der Waals surface area contributed by atoms with Crippen molar-refractivity contribution in [1.29, 1.82) is 0 Å². The van der Waals surface area contributed by atoms with Crippen molar-refractivity contribution in [3.63, 3.8) is 0 Å². The molecule has 0 aliphatic carbocycles. The molecule has 0 fully saturated rings. The number of para-hydroxylation sites is 1. The number of nitrogens with zero attached hydrogens (tertiary/aromatic N) is 3. The Kier molecular flexibility index (Phi) is 12.7. The molecule has 1 heterocycles. The van der Waals surface area contributed by atoms with Crippen molar-refractivity contribution in [3.8, 4) is 11.6 Å². The lowest BCUT2D eigenvalue weighted by molar-refractivity contribution is -0.136. The molecular weight excluding hydrogens is 498 g/mol. The van der Waals surface area contributed by atoms with Gasteiger partial charge in [0.1, 0.15) is 6.61 Å². The van der Waals surface area contributed by atoms with Crippen LogP contribution in [0, 0.1) is 0 Å². The van der Waals surface area contributed by atoms with E-state index in [1.54, 1.807) is 47.3 Å². The summed E-state index contributed by atoms with van der Waals surface area (Å²) >= 11 is 5.91. The summed E-state index contributed by atoms with van der Waals surface area (Å²) in [5.74, 6) is -0.311. The Morgan fingerprint density at radius 2 is 1.81 bits per heavy atom. The number of hydrogen-bond donors (Lipinski definition) is 1. The number of ether oxygens (including phenoxy) is 2. The average Bonchev–Trinajstić information content (AvgIpc) is 3.38. The van der Waals surface area contributed by atoms with Crippen LogP contribution in [0.25, 0.3) is 5.69 Å². The van der Waals surface area contributed by atoms with Crippen molar-refractivity contribution in [2.24, 2.45) is 0 Å². The molecule has 3 rings (SSSR count). The lowest BCUT2D eigenvalue weighted by Gasteiger charge is -2.20. The highest BCUT2D eigenvalue weighted by Crippen LogP contribution is 2.23. The third kappa shape index (κ3) is 9.98. The minimum atomic E-state index is -0.757. The lowest BCUT2D eigenvalue weighted by atomic mass is 10.2. The second-order valence-corrected chi connectivity index (χ2v) is 8.09. The summed E-state index contributed by atoms with van der Waals surface area (Å²) in [6, 6.07) is 16.3. The predicted molar refractivity (Wildman–Crippen MR) is 142 cm³/mol. The van der Waals surface area contributed by atoms with Crippen molar-refractivity contribution in [2.75, 3.05) is 19.3 Å². The predicted octanol–water partition coefficient (Wildman–Crippen LogP) is 6.45. The van der Waals surface area contributed by atoms with Crippen LogP contribution in [0.15, 0.2) is 72.9 Å². The van der Waals surface area contributed by atoms with Crippen LogP contribution < -0.4 is 9.80 Å². The molecule has 10 heteroatoms. The summed E-state index contributed by atoms with van der Waals surface area (Å²) in [5, 5.41) is 14.3. The Morgan fingerprint density at radius 1 is 1.08 bits per heavy atom. The summed E-state index contributed by atoms with van der Waals surface area (Å²) in [5.41, 5.74) is 2.14. The summed E-state index contributed by atoms with van der Waals surface area (Å²) < 4.78 is 12.2. The standard InChI is InChI=1S/C19H18ClN3O4.C8H14O2/c1-25-19(24)23(26-2)17-6-4-3-5-14(17)13-27-18-11-12-22(21-18)16-9-7-15(20)8-10-16;1-2-3-4-5-6-7-8(9)10/h3-12H,13H2,1-2H3;5-6H,2-4,7H2,1H3,(H,9,10)/b;6-5+. The number of benzene rings is 2. The number of unbranched alkanes of at least 4 members (excludes halogenated alkanes) is 2. The number of hydrogen-bond acceptors (Lipinski definition) is 6. The Bertz CT molecular complexity index is 1150. The zero-order valence-corrected chi connectivity index (χ0v) is 21.9. The maximum absolute atomic E-state index is 11.9. The van der Waals surface area contributed by atoms with Gasteiger partial charge in [0.05, 0.1) is 32.0 Å². The molecule has 9 nitrogen and oxygen atoms in total. The van der Waals surface area contributed by atoms with Gasteiger partial charge in [0.25, 0.3) is 0 Å². The molecule has 198 valence electrons. The molecule has 0 atom stereocenters. The molecule has 2 aromatic carbocycles. The van der Waals surface area contributed by atoms with Gasteiger partial charge in [-0.3, -0.25) is 9.63 Å². The van der Waals surface area contributed by atoms with E-state index in [2.05, 4.69) is 12.0 Å². The first-order valence-electron chi connectivity index (χ1n) is 11.7. The first-order valence-corrected chi connectivity index (χ1v) is 12.1. The molecule has 37 heavy (non-hydrogen) atoms. The fourth-order valence-corrected chi connectivity index (χ4v) is 3.21. The first-order chi connectivity index (χ1) is 17.9. The third-order valence-electron chi connectivity index (χ3n) is 4.95. The van der Waals surface area contributed by atoms with Gasteiger partial charge in [-0.25, -0.2) is 9.48 Å². The molecule has 1 aromatic heterocycles. The number of amides is 1. The topological polar surface area (TPSA) is 103 Å². The number of aromatic nitrogens is 2. The van der Waals surface area contributed by atoms with E-state index in [9.17, 15) is 9.59 Å². The fraction of sp³-hybridized carbons (Fsp3) is 0.296. The molecule has 0 spiro atoms. The number of carboxylic acids is 1. The van der Waals surface area contributed by atoms with Gasteiger partial charge in [0.2, 0.25) is 5.88 Å². The van der Waals surface area contributed by atoms with E-state index in [0.717, 1.165) is 35.6 Å². The van der Waals surface area contributed by atoms with Crippen LogP contribution in [0.3, 0.4) is 0 Å². The van der Waals surface area contributed by atoms with E-state index in [4.69, 9.17) is 31.0 Å². The van der Waals surface area contributed by atoms with Gasteiger partial charge in [0.15, 0.2) is 0 Å². The highest BCUT2D eigenvalue weighted by Gasteiger charge is 2.19. The molecular formula is C27H32ClN3O6. The number of halogens is 1. The Hall–Kier alpha value is -3.82. The van der Waals surface area contributed by atoms with Crippen LogP contribution in [0.2, 0.25) is 5.02 Å². The molecule has 0 aliphatic rings. The highest BCUT2D eigenvalue weighted by molar-refractivity contribution is 6.30. The van der Waals surface area contributed by atoms with Crippen LogP contribution in [-0.4, -0.2) is 41.2 Å². The maximum Gasteiger partial charge on any atom is 0.438 e. The maximum atomic E-state index is 11.9. The Morgan fingerprint density at radius 3 is 2.46 bits per heavy atom. The minimum Gasteiger partial charge on any atom is -0.481 e. The van der Waals surface area contributed by atoms with Gasteiger partial charge < -0.3 is 14.6 Å². The molecule has 0 aliphatic heterocycles. The van der Waals surface area contributed by atoms with Crippen molar-refractivity contribution in [2.45, 2.75) is 39.2 Å². The third-order valence-corrected chi connectivity index (χ3v) is 5.20. The summed E-state index contributed by atoms with van der Waals surface area (Å²) in [4.78, 5) is 27.0. The zero-order valence-electron chi connectivity index (χ0n) is 21.2. The van der Waals surface area contributed by atoms with E-state index in [1.165, 1.54) is 14.2 Å². The first kappa shape index (κ1) is 29.4. The number of aliphatic carboxylic acids is 1. The van der Waals surface area contributed by atoms with E-state index in [0.29, 0.717) is 16.6 Å². The molecule has 0 bridgehead atoms. The monoisotopic (exact) mass is 529 g/mol. The number of anilines is 1.